The van der Waals surface area contributed by atoms with Crippen LogP contribution in [0.5, 0.6) is 5.75 Å². The number of ether oxygens (including phenoxy) is 1. The molecule has 2 rings (SSSR count). The SMILES string of the molecule is CC(C)n1ncc(COc2ccccc2F)c1C(=O)O. The molecule has 5 nitrogen and oxygen atoms in total. The molecule has 0 atom stereocenters. The van der Waals surface area contributed by atoms with Crippen LogP contribution in [-0.4, -0.2) is 20.9 Å². The number of nitrogens with zero attached hydrogens (tertiary/aromatic N) is 2. The fourth-order valence-electron chi connectivity index (χ4n) is 1.85. The second-order valence-electron chi connectivity index (χ2n) is 4.58. The first-order valence-electron chi connectivity index (χ1n) is 6.17. The number of carboxylic acid groups (broad SMARTS) is 1. The van der Waals surface area contributed by atoms with E-state index in [1.54, 1.807) is 12.1 Å². The normalized spacial score (nSPS) is 10.8. The summed E-state index contributed by atoms with van der Waals surface area (Å²) < 4.78 is 20.1. The molecular formula is C14H15FN2O3. The molecule has 0 aliphatic rings. The van der Waals surface area contributed by atoms with Crippen LogP contribution in [0.15, 0.2) is 30.5 Å². The Kier molecular flexibility index (Phi) is 4.02. The fraction of sp³-hybridized carbons (Fsp3) is 0.286. The summed E-state index contributed by atoms with van der Waals surface area (Å²) in [6, 6.07) is 5.90. The largest absolute Gasteiger partial charge is 0.486 e. The van der Waals surface area contributed by atoms with E-state index >= 15 is 0 Å². The number of carbonyl (C=O) groups is 1. The lowest BCUT2D eigenvalue weighted by Crippen LogP contribution is -2.14. The number of hydrogen-bond acceptors (Lipinski definition) is 3. The maximum Gasteiger partial charge on any atom is 0.354 e. The van der Waals surface area contributed by atoms with Gasteiger partial charge in [-0.05, 0) is 26.0 Å². The number of aromatic carboxylic acids is 1. The lowest BCUT2D eigenvalue weighted by molar-refractivity contribution is 0.0678. The average molecular weight is 278 g/mol. The molecule has 0 radical (unpaired) electrons. The molecule has 106 valence electrons. The minimum absolute atomic E-state index is 0.0463. The number of hydrogen-bond donors (Lipinski definition) is 1. The zero-order chi connectivity index (χ0) is 14.7. The molecule has 0 bridgehead atoms. The van der Waals surface area contributed by atoms with E-state index in [1.807, 2.05) is 13.8 Å². The molecule has 1 heterocycles. The van der Waals surface area contributed by atoms with Gasteiger partial charge >= 0.3 is 5.97 Å². The van der Waals surface area contributed by atoms with Gasteiger partial charge in [-0.25, -0.2) is 9.18 Å². The highest BCUT2D eigenvalue weighted by molar-refractivity contribution is 5.87. The minimum atomic E-state index is -1.08. The predicted molar refractivity (Wildman–Crippen MR) is 70.3 cm³/mol. The van der Waals surface area contributed by atoms with E-state index in [0.29, 0.717) is 5.56 Å². The molecule has 0 aliphatic carbocycles. The maximum atomic E-state index is 13.4. The summed E-state index contributed by atoms with van der Waals surface area (Å²) in [6.45, 7) is 3.62. The molecule has 1 N–H and O–H groups in total. The highest BCUT2D eigenvalue weighted by Gasteiger charge is 2.20. The fourth-order valence-corrected chi connectivity index (χ4v) is 1.85. The Bertz CT molecular complexity index is 623. The van der Waals surface area contributed by atoms with Gasteiger partial charge in [-0.1, -0.05) is 12.1 Å². The van der Waals surface area contributed by atoms with Gasteiger partial charge in [0.05, 0.1) is 6.20 Å². The van der Waals surface area contributed by atoms with Crippen LogP contribution >= 0.6 is 0 Å². The van der Waals surface area contributed by atoms with Gasteiger partial charge in [0.2, 0.25) is 0 Å². The molecule has 0 saturated heterocycles. The molecular weight excluding hydrogens is 263 g/mol. The summed E-state index contributed by atoms with van der Waals surface area (Å²) >= 11 is 0. The van der Waals surface area contributed by atoms with Crippen LogP contribution in [0.2, 0.25) is 0 Å². The summed E-state index contributed by atoms with van der Waals surface area (Å²) in [5.74, 6) is -1.48. The van der Waals surface area contributed by atoms with Crippen LogP contribution in [0.1, 0.15) is 35.9 Å². The van der Waals surface area contributed by atoms with Gasteiger partial charge in [0.15, 0.2) is 17.3 Å². The van der Waals surface area contributed by atoms with E-state index in [9.17, 15) is 14.3 Å². The topological polar surface area (TPSA) is 64.4 Å². The van der Waals surface area contributed by atoms with Crippen molar-refractivity contribution in [3.05, 3.63) is 47.5 Å². The third-order valence-electron chi connectivity index (χ3n) is 2.78. The number of carboxylic acids is 1. The number of halogens is 1. The first-order valence-corrected chi connectivity index (χ1v) is 6.17. The third kappa shape index (κ3) is 2.79. The lowest BCUT2D eigenvalue weighted by atomic mass is 10.2. The second kappa shape index (κ2) is 5.73. The molecule has 2 aromatic rings. The van der Waals surface area contributed by atoms with Gasteiger partial charge < -0.3 is 9.84 Å². The Labute approximate surface area is 115 Å². The van der Waals surface area contributed by atoms with Crippen LogP contribution in [0, 0.1) is 5.82 Å². The Morgan fingerprint density at radius 3 is 2.75 bits per heavy atom. The van der Waals surface area contributed by atoms with Crippen molar-refractivity contribution in [2.45, 2.75) is 26.5 Å². The molecule has 20 heavy (non-hydrogen) atoms. The van der Waals surface area contributed by atoms with E-state index in [4.69, 9.17) is 4.74 Å². The van der Waals surface area contributed by atoms with Gasteiger partial charge in [-0.15, -0.1) is 0 Å². The molecule has 1 aromatic carbocycles. The first kappa shape index (κ1) is 14.0. The minimum Gasteiger partial charge on any atom is -0.486 e. The highest BCUT2D eigenvalue weighted by Crippen LogP contribution is 2.19. The summed E-state index contributed by atoms with van der Waals surface area (Å²) in [7, 11) is 0. The van der Waals surface area contributed by atoms with Gasteiger partial charge in [0.25, 0.3) is 0 Å². The van der Waals surface area contributed by atoms with Gasteiger partial charge in [-0.3, -0.25) is 4.68 Å². The molecule has 0 unspecified atom stereocenters. The Morgan fingerprint density at radius 2 is 2.15 bits per heavy atom. The maximum absolute atomic E-state index is 13.4. The van der Waals surface area contributed by atoms with Gasteiger partial charge in [0.1, 0.15) is 6.61 Å². The number of aromatic nitrogens is 2. The summed E-state index contributed by atoms with van der Waals surface area (Å²) in [6.07, 6.45) is 1.43. The molecule has 0 spiro atoms. The van der Waals surface area contributed by atoms with Crippen LogP contribution in [-0.2, 0) is 6.61 Å². The molecule has 0 fully saturated rings. The molecule has 6 heteroatoms. The van der Waals surface area contributed by atoms with Crippen molar-refractivity contribution in [3.8, 4) is 5.75 Å². The van der Waals surface area contributed by atoms with Crippen molar-refractivity contribution in [3.63, 3.8) is 0 Å². The van der Waals surface area contributed by atoms with Crippen molar-refractivity contribution in [1.29, 1.82) is 0 Å². The molecule has 1 aromatic heterocycles. The Morgan fingerprint density at radius 1 is 1.45 bits per heavy atom. The molecule has 0 saturated carbocycles. The van der Waals surface area contributed by atoms with Crippen molar-refractivity contribution in [1.82, 2.24) is 9.78 Å². The van der Waals surface area contributed by atoms with Crippen molar-refractivity contribution < 1.29 is 19.0 Å². The van der Waals surface area contributed by atoms with E-state index in [2.05, 4.69) is 5.10 Å². The Balaban J connectivity index is 2.22. The van der Waals surface area contributed by atoms with Crippen LogP contribution in [0.3, 0.4) is 0 Å². The number of benzene rings is 1. The van der Waals surface area contributed by atoms with E-state index in [1.165, 1.54) is 23.0 Å². The zero-order valence-electron chi connectivity index (χ0n) is 11.2. The standard InChI is InChI=1S/C14H15FN2O3/c1-9(2)17-13(14(18)19)10(7-16-17)8-20-12-6-4-3-5-11(12)15/h3-7,9H,8H2,1-2H3,(H,18,19). The van der Waals surface area contributed by atoms with Crippen LogP contribution < -0.4 is 4.74 Å². The van der Waals surface area contributed by atoms with Crippen molar-refractivity contribution in [2.24, 2.45) is 0 Å². The lowest BCUT2D eigenvalue weighted by Gasteiger charge is -2.10. The average Bonchev–Trinajstić information content (AvgIpc) is 2.82. The predicted octanol–water partition coefficient (Wildman–Crippen LogP) is 2.88. The first-order chi connectivity index (χ1) is 9.50. The van der Waals surface area contributed by atoms with Crippen LogP contribution in [0.25, 0.3) is 0 Å². The van der Waals surface area contributed by atoms with Crippen molar-refractivity contribution in [2.75, 3.05) is 0 Å². The smallest absolute Gasteiger partial charge is 0.354 e. The molecule has 0 aliphatic heterocycles. The number of rotatable bonds is 5. The Hall–Kier alpha value is -2.37. The second-order valence-corrected chi connectivity index (χ2v) is 4.58. The monoisotopic (exact) mass is 278 g/mol. The van der Waals surface area contributed by atoms with Crippen LogP contribution in [0.4, 0.5) is 4.39 Å². The summed E-state index contributed by atoms with van der Waals surface area (Å²) in [5, 5.41) is 13.3. The van der Waals surface area contributed by atoms with E-state index in [-0.39, 0.29) is 24.1 Å². The summed E-state index contributed by atoms with van der Waals surface area (Å²) in [5.41, 5.74) is 0.478. The van der Waals surface area contributed by atoms with Gasteiger partial charge in [-0.2, -0.15) is 5.10 Å². The van der Waals surface area contributed by atoms with E-state index < -0.39 is 11.8 Å². The molecule has 0 amide bonds. The van der Waals surface area contributed by atoms with E-state index in [0.717, 1.165) is 0 Å². The van der Waals surface area contributed by atoms with Crippen molar-refractivity contribution >= 4 is 5.97 Å². The quantitative estimate of drug-likeness (QED) is 0.913. The third-order valence-corrected chi connectivity index (χ3v) is 2.78. The zero-order valence-corrected chi connectivity index (χ0v) is 11.2. The number of para-hydroxylation sites is 1. The highest BCUT2D eigenvalue weighted by atomic mass is 19.1. The summed E-state index contributed by atoms with van der Waals surface area (Å²) in [4.78, 5) is 11.3. The van der Waals surface area contributed by atoms with Gasteiger partial charge in [0, 0.05) is 11.6 Å².